The summed E-state index contributed by atoms with van der Waals surface area (Å²) in [5, 5.41) is 13.1. The Morgan fingerprint density at radius 1 is 1.56 bits per heavy atom. The van der Waals surface area contributed by atoms with Crippen LogP contribution in [-0.2, 0) is 0 Å². The molecule has 1 aliphatic heterocycles. The standard InChI is InChI=1S/C13H18N2O3/c1-9-8-15(6-5-14-9)13(17)11-4-3-10(18-2)7-12(11)16/h3-4,7,9,14,16H,5-6,8H2,1-2H3/t9-/m1/s1. The molecule has 0 saturated carbocycles. The minimum Gasteiger partial charge on any atom is -0.507 e. The number of piperazine rings is 1. The molecule has 1 aromatic rings. The molecule has 1 atom stereocenters. The van der Waals surface area contributed by atoms with Crippen LogP contribution >= 0.6 is 0 Å². The highest BCUT2D eigenvalue weighted by Crippen LogP contribution is 2.24. The van der Waals surface area contributed by atoms with Crippen LogP contribution in [0.25, 0.3) is 0 Å². The van der Waals surface area contributed by atoms with E-state index in [-0.39, 0.29) is 17.7 Å². The number of hydrogen-bond acceptors (Lipinski definition) is 4. The Labute approximate surface area is 106 Å². The molecule has 1 aromatic carbocycles. The number of nitrogens with zero attached hydrogens (tertiary/aromatic N) is 1. The Hall–Kier alpha value is -1.75. The fraction of sp³-hybridized carbons (Fsp3) is 0.462. The highest BCUT2D eigenvalue weighted by molar-refractivity contribution is 5.97. The van der Waals surface area contributed by atoms with Crippen LogP contribution < -0.4 is 10.1 Å². The molecule has 2 N–H and O–H groups in total. The van der Waals surface area contributed by atoms with Gasteiger partial charge in [0.2, 0.25) is 0 Å². The lowest BCUT2D eigenvalue weighted by Gasteiger charge is -2.32. The normalized spacial score (nSPS) is 19.7. The summed E-state index contributed by atoms with van der Waals surface area (Å²) in [7, 11) is 1.52. The highest BCUT2D eigenvalue weighted by atomic mass is 16.5. The molecule has 0 bridgehead atoms. The molecule has 98 valence electrons. The molecule has 0 unspecified atom stereocenters. The minimum absolute atomic E-state index is 0.0365. The molecule has 1 saturated heterocycles. The molecule has 18 heavy (non-hydrogen) atoms. The van der Waals surface area contributed by atoms with Gasteiger partial charge in [0.05, 0.1) is 12.7 Å². The van der Waals surface area contributed by atoms with E-state index >= 15 is 0 Å². The maximum absolute atomic E-state index is 12.3. The van der Waals surface area contributed by atoms with Crippen LogP contribution in [0.4, 0.5) is 0 Å². The van der Waals surface area contributed by atoms with Gasteiger partial charge in [-0.15, -0.1) is 0 Å². The first-order valence-corrected chi connectivity index (χ1v) is 6.01. The number of rotatable bonds is 2. The Balaban J connectivity index is 2.17. The lowest BCUT2D eigenvalue weighted by Crippen LogP contribution is -2.51. The SMILES string of the molecule is COc1ccc(C(=O)N2CCN[C@H](C)C2)c(O)c1. The molecule has 0 aromatic heterocycles. The van der Waals surface area contributed by atoms with Crippen molar-refractivity contribution in [3.8, 4) is 11.5 Å². The van der Waals surface area contributed by atoms with Crippen LogP contribution in [0.5, 0.6) is 11.5 Å². The smallest absolute Gasteiger partial charge is 0.257 e. The number of carbonyl (C=O) groups excluding carboxylic acids is 1. The third kappa shape index (κ3) is 2.56. The zero-order valence-corrected chi connectivity index (χ0v) is 10.6. The number of methoxy groups -OCH3 is 1. The van der Waals surface area contributed by atoms with Crippen LogP contribution in [0, 0.1) is 0 Å². The second kappa shape index (κ2) is 5.27. The lowest BCUT2D eigenvalue weighted by molar-refractivity contribution is 0.0706. The summed E-state index contributed by atoms with van der Waals surface area (Å²) in [6, 6.07) is 5.02. The van der Waals surface area contributed by atoms with Crippen molar-refractivity contribution < 1.29 is 14.6 Å². The van der Waals surface area contributed by atoms with Crippen molar-refractivity contribution in [1.82, 2.24) is 10.2 Å². The van der Waals surface area contributed by atoms with E-state index in [1.54, 1.807) is 17.0 Å². The largest absolute Gasteiger partial charge is 0.507 e. The number of aromatic hydroxyl groups is 1. The Morgan fingerprint density at radius 2 is 2.33 bits per heavy atom. The third-order valence-electron chi connectivity index (χ3n) is 3.09. The molecular formula is C13H18N2O3. The molecule has 1 amide bonds. The predicted octanol–water partition coefficient (Wildman–Crippen LogP) is 0.835. The molecule has 1 aliphatic rings. The van der Waals surface area contributed by atoms with Gasteiger partial charge >= 0.3 is 0 Å². The first-order chi connectivity index (χ1) is 8.61. The summed E-state index contributed by atoms with van der Waals surface area (Å²) >= 11 is 0. The number of phenolic OH excluding ortho intramolecular Hbond substituents is 1. The summed E-state index contributed by atoms with van der Waals surface area (Å²) in [5.41, 5.74) is 0.324. The van der Waals surface area contributed by atoms with Crippen LogP contribution in [0.1, 0.15) is 17.3 Å². The average Bonchev–Trinajstić information content (AvgIpc) is 2.37. The maximum atomic E-state index is 12.3. The monoisotopic (exact) mass is 250 g/mol. The molecule has 1 heterocycles. The van der Waals surface area contributed by atoms with Crippen LogP contribution in [0.3, 0.4) is 0 Å². The van der Waals surface area contributed by atoms with E-state index in [2.05, 4.69) is 5.32 Å². The van der Waals surface area contributed by atoms with E-state index in [0.717, 1.165) is 6.54 Å². The first kappa shape index (κ1) is 12.7. The second-order valence-corrected chi connectivity index (χ2v) is 4.49. The van der Waals surface area contributed by atoms with Crippen molar-refractivity contribution in [2.45, 2.75) is 13.0 Å². The van der Waals surface area contributed by atoms with Crippen molar-refractivity contribution in [3.63, 3.8) is 0 Å². The molecular weight excluding hydrogens is 232 g/mol. The molecule has 0 aliphatic carbocycles. The van der Waals surface area contributed by atoms with Crippen molar-refractivity contribution in [1.29, 1.82) is 0 Å². The molecule has 5 heteroatoms. The zero-order valence-electron chi connectivity index (χ0n) is 10.6. The van der Waals surface area contributed by atoms with E-state index in [4.69, 9.17) is 4.74 Å². The van der Waals surface area contributed by atoms with Gasteiger partial charge in [-0.05, 0) is 19.1 Å². The van der Waals surface area contributed by atoms with Gasteiger partial charge in [-0.3, -0.25) is 4.79 Å². The first-order valence-electron chi connectivity index (χ1n) is 6.01. The fourth-order valence-electron chi connectivity index (χ4n) is 2.11. The number of benzene rings is 1. The number of phenols is 1. The summed E-state index contributed by atoms with van der Waals surface area (Å²) in [4.78, 5) is 14.0. The third-order valence-corrected chi connectivity index (χ3v) is 3.09. The molecule has 5 nitrogen and oxygen atoms in total. The predicted molar refractivity (Wildman–Crippen MR) is 68.0 cm³/mol. The number of amides is 1. The molecule has 1 fully saturated rings. The zero-order chi connectivity index (χ0) is 13.1. The minimum atomic E-state index is -0.136. The summed E-state index contributed by atoms with van der Waals surface area (Å²) < 4.78 is 5.00. The number of carbonyl (C=O) groups is 1. The second-order valence-electron chi connectivity index (χ2n) is 4.49. The number of hydrogen-bond donors (Lipinski definition) is 2. The molecule has 0 spiro atoms. The van der Waals surface area contributed by atoms with Gasteiger partial charge in [0.25, 0.3) is 5.91 Å². The van der Waals surface area contributed by atoms with Gasteiger partial charge < -0.3 is 20.1 Å². The Kier molecular flexibility index (Phi) is 3.72. The maximum Gasteiger partial charge on any atom is 0.257 e. The van der Waals surface area contributed by atoms with Gasteiger partial charge in [-0.1, -0.05) is 0 Å². The summed E-state index contributed by atoms with van der Waals surface area (Å²) in [6.07, 6.45) is 0. The highest BCUT2D eigenvalue weighted by Gasteiger charge is 2.23. The van der Waals surface area contributed by atoms with E-state index < -0.39 is 0 Å². The van der Waals surface area contributed by atoms with Gasteiger partial charge in [0, 0.05) is 31.7 Å². The Morgan fingerprint density at radius 3 is 2.94 bits per heavy atom. The molecule has 2 rings (SSSR count). The fourth-order valence-corrected chi connectivity index (χ4v) is 2.11. The van der Waals surface area contributed by atoms with E-state index in [9.17, 15) is 9.90 Å². The van der Waals surface area contributed by atoms with Gasteiger partial charge in [-0.2, -0.15) is 0 Å². The quantitative estimate of drug-likeness (QED) is 0.816. The van der Waals surface area contributed by atoms with E-state index in [0.29, 0.717) is 24.4 Å². The number of nitrogens with one attached hydrogen (secondary N) is 1. The van der Waals surface area contributed by atoms with Crippen LogP contribution in [0.15, 0.2) is 18.2 Å². The van der Waals surface area contributed by atoms with Gasteiger partial charge in [-0.25, -0.2) is 0 Å². The molecule has 0 radical (unpaired) electrons. The summed E-state index contributed by atoms with van der Waals surface area (Å²) in [5.74, 6) is 0.367. The van der Waals surface area contributed by atoms with Crippen LogP contribution in [-0.4, -0.2) is 48.7 Å². The van der Waals surface area contributed by atoms with Gasteiger partial charge in [0.1, 0.15) is 11.5 Å². The van der Waals surface area contributed by atoms with Crippen molar-refractivity contribution in [3.05, 3.63) is 23.8 Å². The van der Waals surface area contributed by atoms with E-state index in [1.807, 2.05) is 6.92 Å². The van der Waals surface area contributed by atoms with Crippen molar-refractivity contribution in [2.75, 3.05) is 26.7 Å². The lowest BCUT2D eigenvalue weighted by atomic mass is 10.1. The number of ether oxygens (including phenoxy) is 1. The van der Waals surface area contributed by atoms with Crippen molar-refractivity contribution in [2.24, 2.45) is 0 Å². The van der Waals surface area contributed by atoms with E-state index in [1.165, 1.54) is 13.2 Å². The summed E-state index contributed by atoms with van der Waals surface area (Å²) in [6.45, 7) is 4.14. The topological polar surface area (TPSA) is 61.8 Å². The average molecular weight is 250 g/mol. The van der Waals surface area contributed by atoms with Crippen molar-refractivity contribution >= 4 is 5.91 Å². The Bertz CT molecular complexity index is 448. The van der Waals surface area contributed by atoms with Gasteiger partial charge in [0.15, 0.2) is 0 Å². The van der Waals surface area contributed by atoms with Crippen LogP contribution in [0.2, 0.25) is 0 Å².